The molecule has 1 aromatic carbocycles. The predicted octanol–water partition coefficient (Wildman–Crippen LogP) is 3.32. The van der Waals surface area contributed by atoms with Gasteiger partial charge in [0.1, 0.15) is 0 Å². The molecule has 0 aliphatic heterocycles. The molecule has 2 rings (SSSR count). The quantitative estimate of drug-likeness (QED) is 0.801. The minimum atomic E-state index is -0.192. The molecule has 1 aromatic rings. The lowest BCUT2D eigenvalue weighted by Gasteiger charge is -2.28. The van der Waals surface area contributed by atoms with E-state index in [9.17, 15) is 4.79 Å². The summed E-state index contributed by atoms with van der Waals surface area (Å²) in [6.07, 6.45) is 3.79. The lowest BCUT2D eigenvalue weighted by molar-refractivity contribution is 0.176. The van der Waals surface area contributed by atoms with E-state index in [2.05, 4.69) is 10.6 Å². The molecule has 0 spiro atoms. The van der Waals surface area contributed by atoms with Crippen LogP contribution in [0.2, 0.25) is 5.02 Å². The van der Waals surface area contributed by atoms with Crippen LogP contribution in [0.25, 0.3) is 0 Å². The van der Waals surface area contributed by atoms with E-state index in [1.165, 1.54) is 0 Å². The number of aliphatic hydroxyl groups excluding tert-OH is 1. The second kappa shape index (κ2) is 6.95. The monoisotopic (exact) mass is 296 g/mol. The molecule has 0 saturated heterocycles. The molecule has 1 saturated carbocycles. The average molecular weight is 297 g/mol. The second-order valence-corrected chi connectivity index (χ2v) is 5.82. The number of aliphatic hydroxyl groups is 1. The average Bonchev–Trinajstić information content (AvgIpc) is 2.45. The standard InChI is InChI=1S/C15H21ClN2O2/c1-10-13(16)3-2-4-14(10)18-15(20)17-12-7-5-11(9-19)6-8-12/h2-4,11-12,19H,5-9H2,1H3,(H2,17,18,20). The van der Waals surface area contributed by atoms with E-state index in [1.54, 1.807) is 6.07 Å². The Labute approximate surface area is 124 Å². The number of halogens is 1. The minimum absolute atomic E-state index is 0.192. The fraction of sp³-hybridized carbons (Fsp3) is 0.533. The zero-order valence-electron chi connectivity index (χ0n) is 11.7. The molecule has 1 fully saturated rings. The zero-order chi connectivity index (χ0) is 14.5. The summed E-state index contributed by atoms with van der Waals surface area (Å²) in [6.45, 7) is 2.13. The van der Waals surface area contributed by atoms with Crippen LogP contribution >= 0.6 is 11.6 Å². The van der Waals surface area contributed by atoms with Gasteiger partial charge in [-0.1, -0.05) is 17.7 Å². The van der Waals surface area contributed by atoms with Crippen molar-refractivity contribution >= 4 is 23.3 Å². The van der Waals surface area contributed by atoms with Crippen molar-refractivity contribution in [2.45, 2.75) is 38.6 Å². The topological polar surface area (TPSA) is 61.4 Å². The van der Waals surface area contributed by atoms with Gasteiger partial charge < -0.3 is 15.7 Å². The molecule has 3 N–H and O–H groups in total. The normalized spacial score (nSPS) is 22.4. The fourth-order valence-corrected chi connectivity index (χ4v) is 2.75. The maximum atomic E-state index is 12.0. The first-order chi connectivity index (χ1) is 9.60. The molecule has 110 valence electrons. The third-order valence-corrected chi connectivity index (χ3v) is 4.37. The number of nitrogens with one attached hydrogen (secondary N) is 2. The summed E-state index contributed by atoms with van der Waals surface area (Å²) in [5.41, 5.74) is 1.60. The van der Waals surface area contributed by atoms with Crippen LogP contribution < -0.4 is 10.6 Å². The molecule has 0 aromatic heterocycles. The Balaban J connectivity index is 1.85. The van der Waals surface area contributed by atoms with Gasteiger partial charge in [-0.15, -0.1) is 0 Å². The highest BCUT2D eigenvalue weighted by atomic mass is 35.5. The Kier molecular flexibility index (Phi) is 5.26. The van der Waals surface area contributed by atoms with Crippen LogP contribution in [0.4, 0.5) is 10.5 Å². The van der Waals surface area contributed by atoms with Crippen molar-refractivity contribution in [2.24, 2.45) is 5.92 Å². The Morgan fingerprint density at radius 2 is 2.05 bits per heavy atom. The van der Waals surface area contributed by atoms with E-state index >= 15 is 0 Å². The molecule has 0 bridgehead atoms. The smallest absolute Gasteiger partial charge is 0.319 e. The summed E-state index contributed by atoms with van der Waals surface area (Å²) in [7, 11) is 0. The predicted molar refractivity (Wildman–Crippen MR) is 81.2 cm³/mol. The van der Waals surface area contributed by atoms with Crippen molar-refractivity contribution in [3.05, 3.63) is 28.8 Å². The summed E-state index contributed by atoms with van der Waals surface area (Å²) in [5.74, 6) is 0.395. The van der Waals surface area contributed by atoms with Gasteiger partial charge in [-0.05, 0) is 56.2 Å². The zero-order valence-corrected chi connectivity index (χ0v) is 12.4. The van der Waals surface area contributed by atoms with Gasteiger partial charge in [0.2, 0.25) is 0 Å². The van der Waals surface area contributed by atoms with Crippen molar-refractivity contribution in [3.63, 3.8) is 0 Å². The van der Waals surface area contributed by atoms with E-state index in [1.807, 2.05) is 19.1 Å². The summed E-state index contributed by atoms with van der Waals surface area (Å²) < 4.78 is 0. The Morgan fingerprint density at radius 3 is 2.70 bits per heavy atom. The van der Waals surface area contributed by atoms with Crippen molar-refractivity contribution < 1.29 is 9.90 Å². The third-order valence-electron chi connectivity index (χ3n) is 3.96. The molecule has 0 radical (unpaired) electrons. The second-order valence-electron chi connectivity index (χ2n) is 5.41. The molecule has 4 nitrogen and oxygen atoms in total. The lowest BCUT2D eigenvalue weighted by Crippen LogP contribution is -2.40. The van der Waals surface area contributed by atoms with Crippen LogP contribution in [0.5, 0.6) is 0 Å². The van der Waals surface area contributed by atoms with Gasteiger partial charge in [-0.2, -0.15) is 0 Å². The van der Waals surface area contributed by atoms with E-state index in [0.717, 1.165) is 36.9 Å². The van der Waals surface area contributed by atoms with Gasteiger partial charge in [0.25, 0.3) is 0 Å². The fourth-order valence-electron chi connectivity index (χ4n) is 2.58. The Bertz CT molecular complexity index is 471. The first kappa shape index (κ1) is 15.1. The Hall–Kier alpha value is -1.26. The molecule has 0 atom stereocenters. The lowest BCUT2D eigenvalue weighted by atomic mass is 9.87. The maximum Gasteiger partial charge on any atom is 0.319 e. The number of hydrogen-bond donors (Lipinski definition) is 3. The highest BCUT2D eigenvalue weighted by Gasteiger charge is 2.21. The van der Waals surface area contributed by atoms with E-state index in [-0.39, 0.29) is 18.7 Å². The van der Waals surface area contributed by atoms with Gasteiger partial charge in [-0.3, -0.25) is 0 Å². The number of anilines is 1. The van der Waals surface area contributed by atoms with E-state index in [4.69, 9.17) is 16.7 Å². The highest BCUT2D eigenvalue weighted by molar-refractivity contribution is 6.31. The van der Waals surface area contributed by atoms with Crippen LogP contribution in [-0.4, -0.2) is 23.8 Å². The largest absolute Gasteiger partial charge is 0.396 e. The molecule has 2 amide bonds. The van der Waals surface area contributed by atoms with Crippen LogP contribution in [0.1, 0.15) is 31.2 Å². The van der Waals surface area contributed by atoms with Crippen LogP contribution in [-0.2, 0) is 0 Å². The first-order valence-electron chi connectivity index (χ1n) is 7.03. The van der Waals surface area contributed by atoms with Gasteiger partial charge in [-0.25, -0.2) is 4.79 Å². The number of hydrogen-bond acceptors (Lipinski definition) is 2. The summed E-state index contributed by atoms with van der Waals surface area (Å²) >= 11 is 6.03. The SMILES string of the molecule is Cc1c(Cl)cccc1NC(=O)NC1CCC(CO)CC1. The van der Waals surface area contributed by atoms with E-state index in [0.29, 0.717) is 10.9 Å². The molecule has 0 heterocycles. The molecule has 1 aliphatic carbocycles. The van der Waals surface area contributed by atoms with Crippen molar-refractivity contribution in [1.29, 1.82) is 0 Å². The van der Waals surface area contributed by atoms with Gasteiger partial charge >= 0.3 is 6.03 Å². The number of amides is 2. The van der Waals surface area contributed by atoms with Crippen molar-refractivity contribution in [2.75, 3.05) is 11.9 Å². The molecule has 20 heavy (non-hydrogen) atoms. The Morgan fingerprint density at radius 1 is 1.35 bits per heavy atom. The number of carbonyl (C=O) groups is 1. The summed E-state index contributed by atoms with van der Waals surface area (Å²) in [4.78, 5) is 12.0. The minimum Gasteiger partial charge on any atom is -0.396 e. The first-order valence-corrected chi connectivity index (χ1v) is 7.41. The number of benzene rings is 1. The van der Waals surface area contributed by atoms with Crippen molar-refractivity contribution in [3.8, 4) is 0 Å². The van der Waals surface area contributed by atoms with Crippen LogP contribution in [0, 0.1) is 12.8 Å². The summed E-state index contributed by atoms with van der Waals surface area (Å²) in [6, 6.07) is 5.46. The van der Waals surface area contributed by atoms with Gasteiger partial charge in [0.15, 0.2) is 0 Å². The highest BCUT2D eigenvalue weighted by Crippen LogP contribution is 2.25. The van der Waals surface area contributed by atoms with E-state index < -0.39 is 0 Å². The number of rotatable bonds is 3. The molecular formula is C15H21ClN2O2. The number of urea groups is 1. The number of carbonyl (C=O) groups excluding carboxylic acids is 1. The molecular weight excluding hydrogens is 276 g/mol. The summed E-state index contributed by atoms with van der Waals surface area (Å²) in [5, 5.41) is 15.6. The van der Waals surface area contributed by atoms with Crippen molar-refractivity contribution in [1.82, 2.24) is 5.32 Å². The van der Waals surface area contributed by atoms with Crippen LogP contribution in [0.3, 0.4) is 0 Å². The molecule has 0 unspecified atom stereocenters. The maximum absolute atomic E-state index is 12.0. The third kappa shape index (κ3) is 3.87. The molecule has 5 heteroatoms. The van der Waals surface area contributed by atoms with Gasteiger partial charge in [0, 0.05) is 23.4 Å². The van der Waals surface area contributed by atoms with Crippen LogP contribution in [0.15, 0.2) is 18.2 Å². The molecule has 1 aliphatic rings. The van der Waals surface area contributed by atoms with Gasteiger partial charge in [0.05, 0.1) is 0 Å².